The Balaban J connectivity index is 2.00. The largest absolute Gasteiger partial charge is 0.465 e. The number of nitrogens with zero attached hydrogens (tertiary/aromatic N) is 2. The number of benzene rings is 2. The molecular formula is C26H21Cl2F3N2O4. The summed E-state index contributed by atoms with van der Waals surface area (Å²) in [5.41, 5.74) is -2.74. The predicted octanol–water partition coefficient (Wildman–Crippen LogP) is 7.01. The Kier molecular flexibility index (Phi) is 8.08. The molecule has 0 aliphatic rings. The molecule has 0 aliphatic carbocycles. The average molecular weight is 553 g/mol. The fraction of sp³-hybridized carbons (Fsp3) is 0.269. The van der Waals surface area contributed by atoms with Gasteiger partial charge in [-0.1, -0.05) is 48.3 Å². The van der Waals surface area contributed by atoms with Gasteiger partial charge in [-0.3, -0.25) is 0 Å². The Bertz CT molecular complexity index is 1380. The van der Waals surface area contributed by atoms with Crippen molar-refractivity contribution in [3.63, 3.8) is 0 Å². The molecule has 2 aromatic carbocycles. The normalized spacial score (nSPS) is 13.9. The van der Waals surface area contributed by atoms with Crippen LogP contribution in [0.4, 0.5) is 13.2 Å². The molecule has 1 heterocycles. The molecule has 3 rings (SSSR count). The van der Waals surface area contributed by atoms with E-state index >= 15 is 0 Å². The van der Waals surface area contributed by atoms with Crippen molar-refractivity contribution < 1.29 is 32.5 Å². The number of carbonyl (C=O) groups excluding carboxylic acids is 1. The Morgan fingerprint density at radius 3 is 2.22 bits per heavy atom. The molecular weight excluding hydrogens is 532 g/mol. The quantitative estimate of drug-likeness (QED) is 0.330. The second kappa shape index (κ2) is 10.6. The zero-order valence-electron chi connectivity index (χ0n) is 20.1. The van der Waals surface area contributed by atoms with Gasteiger partial charge >= 0.3 is 12.1 Å². The van der Waals surface area contributed by atoms with Gasteiger partial charge in [-0.2, -0.15) is 18.4 Å². The first-order valence-electron chi connectivity index (χ1n) is 10.8. The van der Waals surface area contributed by atoms with Gasteiger partial charge in [-0.15, -0.1) is 0 Å². The van der Waals surface area contributed by atoms with Crippen molar-refractivity contribution >= 4 is 29.2 Å². The fourth-order valence-electron chi connectivity index (χ4n) is 4.01. The summed E-state index contributed by atoms with van der Waals surface area (Å²) in [7, 11) is 1.20. The van der Waals surface area contributed by atoms with E-state index in [9.17, 15) is 28.3 Å². The lowest BCUT2D eigenvalue weighted by Gasteiger charge is -2.37. The van der Waals surface area contributed by atoms with Crippen molar-refractivity contribution in [2.45, 2.75) is 38.5 Å². The minimum absolute atomic E-state index is 0.00512. The van der Waals surface area contributed by atoms with Crippen LogP contribution in [0, 0.1) is 25.2 Å². The smallest absolute Gasteiger partial charge is 0.422 e. The number of aliphatic hydroxyl groups is 1. The lowest BCUT2D eigenvalue weighted by atomic mass is 9.76. The maximum Gasteiger partial charge on any atom is 0.422 e. The molecule has 2 atom stereocenters. The maximum absolute atomic E-state index is 14.4. The molecule has 0 spiro atoms. The van der Waals surface area contributed by atoms with Gasteiger partial charge in [0.1, 0.15) is 10.8 Å². The van der Waals surface area contributed by atoms with E-state index in [0.717, 1.165) is 12.1 Å². The SMILES string of the molecule is COC(=O)c1cnc(Oc2ccc(C(C)C(O)(c3cc(C)c(C#N)c(C)c3)C(F)(F)F)c(Cl)c2)c(Cl)c1. The van der Waals surface area contributed by atoms with E-state index in [0.29, 0.717) is 11.1 Å². The number of aryl methyl sites for hydroxylation is 2. The summed E-state index contributed by atoms with van der Waals surface area (Å²) in [5.74, 6) is -2.14. The van der Waals surface area contributed by atoms with E-state index in [2.05, 4.69) is 9.72 Å². The molecule has 0 bridgehead atoms. The third-order valence-corrected chi connectivity index (χ3v) is 6.62. The Hall–Kier alpha value is -3.32. The van der Waals surface area contributed by atoms with Gasteiger partial charge in [0.05, 0.1) is 24.3 Å². The molecule has 11 heteroatoms. The number of esters is 1. The summed E-state index contributed by atoms with van der Waals surface area (Å²) in [6, 6.07) is 9.50. The van der Waals surface area contributed by atoms with Crippen LogP contribution < -0.4 is 4.74 Å². The van der Waals surface area contributed by atoms with Crippen molar-refractivity contribution in [1.29, 1.82) is 5.26 Å². The molecule has 0 aliphatic heterocycles. The summed E-state index contributed by atoms with van der Waals surface area (Å²) >= 11 is 12.5. The topological polar surface area (TPSA) is 92.4 Å². The van der Waals surface area contributed by atoms with Gasteiger partial charge < -0.3 is 14.6 Å². The Morgan fingerprint density at radius 1 is 1.11 bits per heavy atom. The minimum atomic E-state index is -5.07. The Labute approximate surface area is 221 Å². The number of ether oxygens (including phenoxy) is 2. The third-order valence-electron chi connectivity index (χ3n) is 6.02. The van der Waals surface area contributed by atoms with Crippen LogP contribution in [-0.2, 0) is 10.3 Å². The number of alkyl halides is 3. The number of nitriles is 1. The summed E-state index contributed by atoms with van der Waals surface area (Å²) in [6.45, 7) is 4.22. The first kappa shape index (κ1) is 28.3. The number of hydrogen-bond donors (Lipinski definition) is 1. The number of aromatic nitrogens is 1. The molecule has 1 aromatic heterocycles. The van der Waals surface area contributed by atoms with Crippen molar-refractivity contribution in [3.05, 3.63) is 86.0 Å². The third kappa shape index (κ3) is 5.37. The molecule has 194 valence electrons. The molecule has 2 unspecified atom stereocenters. The van der Waals surface area contributed by atoms with Crippen LogP contribution >= 0.6 is 23.2 Å². The van der Waals surface area contributed by atoms with Crippen LogP contribution in [0.5, 0.6) is 11.6 Å². The number of methoxy groups -OCH3 is 1. The van der Waals surface area contributed by atoms with Gasteiger partial charge in [-0.25, -0.2) is 9.78 Å². The van der Waals surface area contributed by atoms with Crippen molar-refractivity contribution in [1.82, 2.24) is 4.98 Å². The molecule has 1 N–H and O–H groups in total. The van der Waals surface area contributed by atoms with E-state index in [1.54, 1.807) is 0 Å². The van der Waals surface area contributed by atoms with Crippen molar-refractivity contribution in [2.75, 3.05) is 7.11 Å². The van der Waals surface area contributed by atoms with E-state index in [4.69, 9.17) is 27.9 Å². The molecule has 3 aromatic rings. The number of halogens is 5. The minimum Gasteiger partial charge on any atom is -0.465 e. The molecule has 0 fully saturated rings. The lowest BCUT2D eigenvalue weighted by molar-refractivity contribution is -0.274. The van der Waals surface area contributed by atoms with E-state index < -0.39 is 29.2 Å². The molecule has 6 nitrogen and oxygen atoms in total. The summed E-state index contributed by atoms with van der Waals surface area (Å²) in [5, 5.41) is 20.3. The summed E-state index contributed by atoms with van der Waals surface area (Å²) in [4.78, 5) is 15.6. The second-order valence-electron chi connectivity index (χ2n) is 8.37. The number of hydrogen-bond acceptors (Lipinski definition) is 6. The summed E-state index contributed by atoms with van der Waals surface area (Å²) < 4.78 is 53.4. The van der Waals surface area contributed by atoms with Crippen LogP contribution in [0.25, 0.3) is 0 Å². The fourth-order valence-corrected chi connectivity index (χ4v) is 4.55. The highest BCUT2D eigenvalue weighted by atomic mass is 35.5. The first-order valence-corrected chi connectivity index (χ1v) is 11.5. The van der Waals surface area contributed by atoms with Crippen molar-refractivity contribution in [2.24, 2.45) is 0 Å². The number of pyridine rings is 1. The van der Waals surface area contributed by atoms with Gasteiger partial charge in [0.25, 0.3) is 0 Å². The Morgan fingerprint density at radius 2 is 1.73 bits per heavy atom. The highest BCUT2D eigenvalue weighted by Gasteiger charge is 2.59. The molecule has 37 heavy (non-hydrogen) atoms. The molecule has 0 saturated carbocycles. The van der Waals surface area contributed by atoms with Crippen LogP contribution in [0.1, 0.15) is 51.0 Å². The summed E-state index contributed by atoms with van der Waals surface area (Å²) in [6.07, 6.45) is -3.88. The molecule has 0 amide bonds. The van der Waals surface area contributed by atoms with E-state index in [-0.39, 0.29) is 38.4 Å². The second-order valence-corrected chi connectivity index (χ2v) is 9.19. The molecule has 0 radical (unpaired) electrons. The van der Waals surface area contributed by atoms with Gasteiger partial charge in [-0.05, 0) is 54.3 Å². The lowest BCUT2D eigenvalue weighted by Crippen LogP contribution is -2.46. The maximum atomic E-state index is 14.4. The van der Waals surface area contributed by atoms with Crippen LogP contribution in [0.2, 0.25) is 10.0 Å². The zero-order chi connectivity index (χ0) is 27.7. The van der Waals surface area contributed by atoms with Gasteiger partial charge in [0.15, 0.2) is 5.60 Å². The van der Waals surface area contributed by atoms with E-state index in [1.165, 1.54) is 58.3 Å². The van der Waals surface area contributed by atoms with Crippen LogP contribution in [-0.4, -0.2) is 29.3 Å². The monoisotopic (exact) mass is 552 g/mol. The number of rotatable bonds is 6. The standard InChI is InChI=1S/C26H21Cl2F3N2O4/c1-13-7-17(8-14(2)20(13)11-32)25(35,26(29,30)31)15(3)19-6-5-18(10-21(19)27)37-23-22(28)9-16(12-33-23)24(34)36-4/h5-10,12,15,35H,1-4H3. The predicted molar refractivity (Wildman–Crippen MR) is 131 cm³/mol. The van der Waals surface area contributed by atoms with Crippen LogP contribution in [0.3, 0.4) is 0 Å². The van der Waals surface area contributed by atoms with Gasteiger partial charge in [0, 0.05) is 17.1 Å². The highest BCUT2D eigenvalue weighted by molar-refractivity contribution is 6.32. The average Bonchev–Trinajstić information content (AvgIpc) is 2.83. The van der Waals surface area contributed by atoms with Gasteiger partial charge in [0.2, 0.25) is 5.88 Å². The zero-order valence-corrected chi connectivity index (χ0v) is 21.6. The highest BCUT2D eigenvalue weighted by Crippen LogP contribution is 2.50. The van der Waals surface area contributed by atoms with Crippen molar-refractivity contribution in [3.8, 4) is 17.7 Å². The molecule has 0 saturated heterocycles. The first-order chi connectivity index (χ1) is 17.2. The van der Waals surface area contributed by atoms with E-state index in [1.807, 2.05) is 6.07 Å². The number of carbonyl (C=O) groups is 1. The van der Waals surface area contributed by atoms with Crippen LogP contribution in [0.15, 0.2) is 42.6 Å².